The third-order valence-electron chi connectivity index (χ3n) is 16.7. The topological polar surface area (TPSA) is 88.2 Å². The van der Waals surface area contributed by atoms with E-state index in [9.17, 15) is 10.5 Å². The van der Waals surface area contributed by atoms with Crippen molar-refractivity contribution in [3.05, 3.63) is 296 Å². The fourth-order valence-corrected chi connectivity index (χ4v) is 13.0. The highest BCUT2D eigenvalue weighted by atomic mass is 15.0. The zero-order valence-electron chi connectivity index (χ0n) is 45.8. The summed E-state index contributed by atoms with van der Waals surface area (Å²) in [6.07, 6.45) is 0. The molecule has 0 amide bonds. The van der Waals surface area contributed by atoms with Gasteiger partial charge in [0.15, 0.2) is 5.82 Å². The van der Waals surface area contributed by atoms with Crippen molar-refractivity contribution in [3.8, 4) is 96.5 Å². The van der Waals surface area contributed by atoms with Crippen LogP contribution in [0, 0.1) is 22.7 Å². The molecule has 16 rings (SSSR count). The molecule has 0 aliphatic heterocycles. The molecular formula is C78H47N7. The summed E-state index contributed by atoms with van der Waals surface area (Å²) < 4.78 is 7.32. The van der Waals surface area contributed by atoms with Gasteiger partial charge in [-0.1, -0.05) is 200 Å². The standard InChI is InChI=1S/C78H47N7/c79-48-50-39-41-56(55(43-50)49-80)53-40-42-76-64(44-53)61-29-11-20-38-75(61)85(76)77-65(62-30-12-18-36-73(62)83-69-32-14-7-25-57(69)58-26-8-15-33-70(58)83)45-54(68-47-67(51-21-3-1-4-22-51)81-78(82-68)52-23-5-2-6-24-52)46-66(77)63-31-13-19-37-74(63)84-71-34-16-9-27-59(71)60-28-10-17-35-72(60)84/h1-47H. The first-order valence-corrected chi connectivity index (χ1v) is 28.4. The second-order valence-corrected chi connectivity index (χ2v) is 21.5. The quantitative estimate of drug-likeness (QED) is 0.144. The Hall–Kier alpha value is -11.9. The van der Waals surface area contributed by atoms with Crippen molar-refractivity contribution in [2.45, 2.75) is 0 Å². The molecule has 0 N–H and O–H groups in total. The summed E-state index contributed by atoms with van der Waals surface area (Å²) in [7, 11) is 0. The van der Waals surface area contributed by atoms with Crippen LogP contribution in [0.15, 0.2) is 285 Å². The third-order valence-corrected chi connectivity index (χ3v) is 16.7. The van der Waals surface area contributed by atoms with E-state index in [1.807, 2.05) is 30.3 Å². The first kappa shape index (κ1) is 49.0. The zero-order chi connectivity index (χ0) is 56.5. The van der Waals surface area contributed by atoms with E-state index in [0.29, 0.717) is 17.0 Å². The maximum atomic E-state index is 10.5. The van der Waals surface area contributed by atoms with Crippen LogP contribution in [0.2, 0.25) is 0 Å². The van der Waals surface area contributed by atoms with Gasteiger partial charge in [0.2, 0.25) is 0 Å². The molecule has 12 aromatic carbocycles. The van der Waals surface area contributed by atoms with E-state index >= 15 is 0 Å². The number of fused-ring (bicyclic) bond motifs is 9. The fourth-order valence-electron chi connectivity index (χ4n) is 13.0. The maximum absolute atomic E-state index is 10.5. The Morgan fingerprint density at radius 3 is 1.20 bits per heavy atom. The van der Waals surface area contributed by atoms with Gasteiger partial charge < -0.3 is 13.7 Å². The van der Waals surface area contributed by atoms with Crippen LogP contribution in [-0.2, 0) is 0 Å². The monoisotopic (exact) mass is 1080 g/mol. The van der Waals surface area contributed by atoms with Crippen molar-refractivity contribution in [2.24, 2.45) is 0 Å². The van der Waals surface area contributed by atoms with Crippen molar-refractivity contribution in [2.75, 3.05) is 0 Å². The van der Waals surface area contributed by atoms with Gasteiger partial charge in [-0.2, -0.15) is 10.5 Å². The molecule has 0 unspecified atom stereocenters. The van der Waals surface area contributed by atoms with Gasteiger partial charge in [0.1, 0.15) is 0 Å². The van der Waals surface area contributed by atoms with Gasteiger partial charge in [0.25, 0.3) is 0 Å². The molecule has 0 aliphatic carbocycles. The molecule has 7 nitrogen and oxygen atoms in total. The summed E-state index contributed by atoms with van der Waals surface area (Å²) in [5.41, 5.74) is 20.3. The summed E-state index contributed by atoms with van der Waals surface area (Å²) in [4.78, 5) is 10.9. The second-order valence-electron chi connectivity index (χ2n) is 21.5. The first-order valence-electron chi connectivity index (χ1n) is 28.4. The summed E-state index contributed by atoms with van der Waals surface area (Å²) >= 11 is 0. The van der Waals surface area contributed by atoms with Gasteiger partial charge in [-0.3, -0.25) is 0 Å². The van der Waals surface area contributed by atoms with E-state index < -0.39 is 0 Å². The van der Waals surface area contributed by atoms with E-state index in [1.165, 1.54) is 21.5 Å². The van der Waals surface area contributed by atoms with Crippen LogP contribution in [-0.4, -0.2) is 23.7 Å². The number of nitrogens with zero attached hydrogens (tertiary/aromatic N) is 7. The lowest BCUT2D eigenvalue weighted by molar-refractivity contribution is 1.15. The Morgan fingerprint density at radius 1 is 0.271 bits per heavy atom. The lowest BCUT2D eigenvalue weighted by atomic mass is 9.90. The molecule has 85 heavy (non-hydrogen) atoms. The predicted octanol–water partition coefficient (Wildman–Crippen LogP) is 19.5. The average Bonchev–Trinajstić information content (AvgIpc) is 2.83. The van der Waals surface area contributed by atoms with Crippen LogP contribution >= 0.6 is 0 Å². The molecule has 7 heteroatoms. The van der Waals surface area contributed by atoms with Crippen molar-refractivity contribution >= 4 is 65.4 Å². The third kappa shape index (κ3) is 7.95. The van der Waals surface area contributed by atoms with Crippen LogP contribution in [0.25, 0.3) is 150 Å². The van der Waals surface area contributed by atoms with E-state index in [2.05, 4.69) is 268 Å². The molecule has 394 valence electrons. The normalized spacial score (nSPS) is 11.5. The Morgan fingerprint density at radius 2 is 0.694 bits per heavy atom. The van der Waals surface area contributed by atoms with Crippen LogP contribution in [0.1, 0.15) is 11.1 Å². The fraction of sp³-hybridized carbons (Fsp3) is 0. The highest BCUT2D eigenvalue weighted by Crippen LogP contribution is 2.49. The minimum Gasteiger partial charge on any atom is -0.309 e. The van der Waals surface area contributed by atoms with Crippen molar-refractivity contribution in [3.63, 3.8) is 0 Å². The zero-order valence-corrected chi connectivity index (χ0v) is 45.8. The number of aromatic nitrogens is 5. The molecule has 0 saturated heterocycles. The van der Waals surface area contributed by atoms with Crippen molar-refractivity contribution < 1.29 is 0 Å². The van der Waals surface area contributed by atoms with Gasteiger partial charge in [0.05, 0.1) is 84.8 Å². The average molecular weight is 1080 g/mol. The van der Waals surface area contributed by atoms with Gasteiger partial charge >= 0.3 is 0 Å². The SMILES string of the molecule is N#Cc1ccc(-c2ccc3c(c2)c2ccccc2n3-c2c(-c3ccccc3-n3c4ccccc4c4ccccc43)cc(-c3cc(-c4ccccc4)nc(-c4ccccc4)n3)cc2-c2ccccc2-n2c3ccccc3c3ccccc32)c(C#N)c1. The Bertz CT molecular complexity index is 5110. The summed E-state index contributed by atoms with van der Waals surface area (Å²) in [5.74, 6) is 0.625. The molecule has 0 spiro atoms. The van der Waals surface area contributed by atoms with Gasteiger partial charge in [0, 0.05) is 71.3 Å². The largest absolute Gasteiger partial charge is 0.309 e. The van der Waals surface area contributed by atoms with E-state index in [-0.39, 0.29) is 0 Å². The second kappa shape index (κ2) is 20.0. The molecule has 0 atom stereocenters. The summed E-state index contributed by atoms with van der Waals surface area (Å²) in [6, 6.07) is 105. The van der Waals surface area contributed by atoms with E-state index in [4.69, 9.17) is 9.97 Å². The number of hydrogen-bond donors (Lipinski definition) is 0. The van der Waals surface area contributed by atoms with E-state index in [1.54, 1.807) is 12.1 Å². The molecule has 16 aromatic rings. The van der Waals surface area contributed by atoms with Crippen molar-refractivity contribution in [1.82, 2.24) is 23.7 Å². The van der Waals surface area contributed by atoms with Gasteiger partial charge in [-0.15, -0.1) is 0 Å². The van der Waals surface area contributed by atoms with Gasteiger partial charge in [-0.05, 0) is 96.1 Å². The predicted molar refractivity (Wildman–Crippen MR) is 347 cm³/mol. The first-order chi connectivity index (χ1) is 42.1. The van der Waals surface area contributed by atoms with Gasteiger partial charge in [-0.25, -0.2) is 9.97 Å². The molecule has 0 bridgehead atoms. The van der Waals surface area contributed by atoms with E-state index in [0.717, 1.165) is 122 Å². The molecule has 0 aliphatic rings. The van der Waals surface area contributed by atoms with Crippen LogP contribution in [0.3, 0.4) is 0 Å². The Balaban J connectivity index is 1.09. The Labute approximate surface area is 489 Å². The van der Waals surface area contributed by atoms with Crippen LogP contribution < -0.4 is 0 Å². The molecule has 4 heterocycles. The molecule has 0 radical (unpaired) electrons. The molecular weight excluding hydrogens is 1030 g/mol. The lowest BCUT2D eigenvalue weighted by Crippen LogP contribution is -2.06. The molecule has 0 saturated carbocycles. The number of rotatable bonds is 9. The number of nitriles is 2. The number of para-hydroxylation sites is 7. The smallest absolute Gasteiger partial charge is 0.160 e. The molecule has 4 aromatic heterocycles. The minimum absolute atomic E-state index is 0.443. The Kier molecular flexibility index (Phi) is 11.5. The number of benzene rings is 12. The lowest BCUT2D eigenvalue weighted by Gasteiger charge is -2.24. The molecule has 0 fully saturated rings. The summed E-state index contributed by atoms with van der Waals surface area (Å²) in [5, 5.41) is 27.1. The highest BCUT2D eigenvalue weighted by molar-refractivity contribution is 6.14. The van der Waals surface area contributed by atoms with Crippen LogP contribution in [0.4, 0.5) is 0 Å². The highest BCUT2D eigenvalue weighted by Gasteiger charge is 2.28. The minimum atomic E-state index is 0.443. The van der Waals surface area contributed by atoms with Crippen LogP contribution in [0.5, 0.6) is 0 Å². The summed E-state index contributed by atoms with van der Waals surface area (Å²) in [6.45, 7) is 0. The number of hydrogen-bond acceptors (Lipinski definition) is 4. The maximum Gasteiger partial charge on any atom is 0.160 e. The van der Waals surface area contributed by atoms with Crippen molar-refractivity contribution in [1.29, 1.82) is 10.5 Å².